The molecule has 0 amide bonds. The van der Waals surface area contributed by atoms with Crippen LogP contribution in [0.25, 0.3) is 0 Å². The number of nitrogens with one attached hydrogen (secondary N) is 1. The molecule has 1 N–H and O–H groups in total. The molecule has 1 saturated carbocycles. The summed E-state index contributed by atoms with van der Waals surface area (Å²) >= 11 is 0. The van der Waals surface area contributed by atoms with Crippen molar-refractivity contribution in [2.75, 3.05) is 5.32 Å². The Morgan fingerprint density at radius 2 is 2.00 bits per heavy atom. The number of aromatic nitrogens is 1. The fraction of sp³-hybridized carbons (Fsp3) is 0.667. The third kappa shape index (κ3) is 3.64. The van der Waals surface area contributed by atoms with E-state index < -0.39 is 11.7 Å². The summed E-state index contributed by atoms with van der Waals surface area (Å²) in [5, 5.41) is 3.04. The lowest BCUT2D eigenvalue weighted by Crippen LogP contribution is -2.31. The lowest BCUT2D eigenvalue weighted by Gasteiger charge is -2.31. The summed E-state index contributed by atoms with van der Waals surface area (Å²) in [5.74, 6) is 0.425. The fourth-order valence-corrected chi connectivity index (χ4v) is 3.01. The molecular weight excluding hydrogens is 265 g/mol. The van der Waals surface area contributed by atoms with E-state index in [-0.39, 0.29) is 11.9 Å². The zero-order valence-electron chi connectivity index (χ0n) is 11.7. The van der Waals surface area contributed by atoms with Gasteiger partial charge in [-0.05, 0) is 37.3 Å². The Kier molecular flexibility index (Phi) is 4.89. The van der Waals surface area contributed by atoms with Gasteiger partial charge in [0.1, 0.15) is 5.82 Å². The van der Waals surface area contributed by atoms with Gasteiger partial charge in [0.2, 0.25) is 0 Å². The van der Waals surface area contributed by atoms with Gasteiger partial charge in [-0.15, -0.1) is 0 Å². The molecular formula is C15H21F3N2. The Balaban J connectivity index is 2.15. The number of anilines is 1. The number of rotatable bonds is 4. The highest BCUT2D eigenvalue weighted by molar-refractivity contribution is 5.46. The van der Waals surface area contributed by atoms with E-state index in [4.69, 9.17) is 0 Å². The highest BCUT2D eigenvalue weighted by Gasteiger charge is 2.35. The van der Waals surface area contributed by atoms with Crippen molar-refractivity contribution in [1.29, 1.82) is 0 Å². The van der Waals surface area contributed by atoms with Crippen LogP contribution < -0.4 is 5.32 Å². The van der Waals surface area contributed by atoms with Crippen molar-refractivity contribution in [1.82, 2.24) is 4.98 Å². The van der Waals surface area contributed by atoms with E-state index in [0.717, 1.165) is 25.3 Å². The van der Waals surface area contributed by atoms with Crippen LogP contribution in [0.1, 0.15) is 51.0 Å². The molecule has 1 heterocycles. The Morgan fingerprint density at radius 3 is 2.60 bits per heavy atom. The van der Waals surface area contributed by atoms with Crippen LogP contribution in [-0.2, 0) is 6.18 Å². The second-order valence-electron chi connectivity index (χ2n) is 5.45. The molecule has 1 unspecified atom stereocenters. The van der Waals surface area contributed by atoms with Gasteiger partial charge in [0.25, 0.3) is 0 Å². The molecule has 1 fully saturated rings. The van der Waals surface area contributed by atoms with Gasteiger partial charge < -0.3 is 5.32 Å². The van der Waals surface area contributed by atoms with Crippen molar-refractivity contribution in [3.05, 3.63) is 23.9 Å². The minimum absolute atomic E-state index is 0.0302. The van der Waals surface area contributed by atoms with Crippen molar-refractivity contribution in [3.63, 3.8) is 0 Å². The first-order chi connectivity index (χ1) is 9.52. The molecule has 20 heavy (non-hydrogen) atoms. The molecule has 0 bridgehead atoms. The minimum atomic E-state index is -4.36. The Hall–Kier alpha value is -1.26. The van der Waals surface area contributed by atoms with E-state index in [0.29, 0.717) is 5.92 Å². The van der Waals surface area contributed by atoms with Crippen LogP contribution in [0.5, 0.6) is 0 Å². The summed E-state index contributed by atoms with van der Waals surface area (Å²) < 4.78 is 38.9. The largest absolute Gasteiger partial charge is 0.419 e. The summed E-state index contributed by atoms with van der Waals surface area (Å²) in [5.41, 5.74) is -0.672. The van der Waals surface area contributed by atoms with Gasteiger partial charge >= 0.3 is 6.18 Å². The molecule has 0 aliphatic heterocycles. The number of pyridine rings is 1. The third-order valence-electron chi connectivity index (χ3n) is 4.09. The van der Waals surface area contributed by atoms with Crippen molar-refractivity contribution in [2.45, 2.75) is 57.7 Å². The lowest BCUT2D eigenvalue weighted by molar-refractivity contribution is -0.137. The van der Waals surface area contributed by atoms with Crippen LogP contribution in [0.3, 0.4) is 0 Å². The van der Waals surface area contributed by atoms with Crippen LogP contribution in [-0.4, -0.2) is 11.0 Å². The molecule has 0 spiro atoms. The number of hydrogen-bond acceptors (Lipinski definition) is 2. The van der Waals surface area contributed by atoms with Crippen LogP contribution in [0.4, 0.5) is 19.0 Å². The maximum atomic E-state index is 13.0. The normalized spacial score (nSPS) is 18.8. The average molecular weight is 286 g/mol. The zero-order valence-corrected chi connectivity index (χ0v) is 11.7. The van der Waals surface area contributed by atoms with Crippen molar-refractivity contribution in [2.24, 2.45) is 5.92 Å². The summed E-state index contributed by atoms with van der Waals surface area (Å²) in [7, 11) is 0. The predicted octanol–water partition coefficient (Wildman–Crippen LogP) is 4.87. The first-order valence-corrected chi connectivity index (χ1v) is 7.31. The van der Waals surface area contributed by atoms with Crippen molar-refractivity contribution in [3.8, 4) is 0 Å². The number of nitrogens with zero attached hydrogens (tertiary/aromatic N) is 1. The minimum Gasteiger partial charge on any atom is -0.367 e. The Morgan fingerprint density at radius 1 is 1.30 bits per heavy atom. The molecule has 1 atom stereocenters. The second kappa shape index (κ2) is 6.46. The van der Waals surface area contributed by atoms with E-state index in [1.54, 1.807) is 0 Å². The maximum absolute atomic E-state index is 13.0. The molecule has 1 aromatic rings. The SMILES string of the molecule is CCC(Nc1ncccc1C(F)(F)F)C1CCCCC1. The van der Waals surface area contributed by atoms with Gasteiger partial charge in [0, 0.05) is 12.2 Å². The van der Waals surface area contributed by atoms with Gasteiger partial charge in [0.05, 0.1) is 5.56 Å². The first kappa shape index (κ1) is 15.1. The fourth-order valence-electron chi connectivity index (χ4n) is 3.01. The second-order valence-corrected chi connectivity index (χ2v) is 5.45. The van der Waals surface area contributed by atoms with Gasteiger partial charge in [-0.25, -0.2) is 4.98 Å². The molecule has 112 valence electrons. The van der Waals surface area contributed by atoms with Crippen LogP contribution >= 0.6 is 0 Å². The summed E-state index contributed by atoms with van der Waals surface area (Å²) in [4.78, 5) is 3.90. The quantitative estimate of drug-likeness (QED) is 0.854. The van der Waals surface area contributed by atoms with Gasteiger partial charge in [-0.2, -0.15) is 13.2 Å². The number of hydrogen-bond donors (Lipinski definition) is 1. The van der Waals surface area contributed by atoms with Crippen LogP contribution in [0.2, 0.25) is 0 Å². The molecule has 0 radical (unpaired) electrons. The van der Waals surface area contributed by atoms with Crippen LogP contribution in [0, 0.1) is 5.92 Å². The molecule has 1 aliphatic rings. The van der Waals surface area contributed by atoms with Gasteiger partial charge in [-0.1, -0.05) is 26.2 Å². The van der Waals surface area contributed by atoms with Gasteiger partial charge in [-0.3, -0.25) is 0 Å². The first-order valence-electron chi connectivity index (χ1n) is 7.31. The van der Waals surface area contributed by atoms with Crippen molar-refractivity contribution < 1.29 is 13.2 Å². The number of alkyl halides is 3. The van der Waals surface area contributed by atoms with E-state index in [9.17, 15) is 13.2 Å². The molecule has 2 nitrogen and oxygen atoms in total. The third-order valence-corrected chi connectivity index (χ3v) is 4.09. The summed E-state index contributed by atoms with van der Waals surface area (Å²) in [6, 6.07) is 2.49. The van der Waals surface area contributed by atoms with Gasteiger partial charge in [0.15, 0.2) is 0 Å². The van der Waals surface area contributed by atoms with E-state index in [2.05, 4.69) is 10.3 Å². The lowest BCUT2D eigenvalue weighted by atomic mass is 9.83. The highest BCUT2D eigenvalue weighted by Crippen LogP contribution is 2.35. The monoisotopic (exact) mass is 286 g/mol. The smallest absolute Gasteiger partial charge is 0.367 e. The zero-order chi connectivity index (χ0) is 14.6. The van der Waals surface area contributed by atoms with Crippen LogP contribution in [0.15, 0.2) is 18.3 Å². The molecule has 0 saturated heterocycles. The average Bonchev–Trinajstić information content (AvgIpc) is 2.45. The Labute approximate surface area is 117 Å². The molecule has 0 aromatic carbocycles. The van der Waals surface area contributed by atoms with E-state index >= 15 is 0 Å². The Bertz CT molecular complexity index is 425. The molecule has 1 aliphatic carbocycles. The highest BCUT2D eigenvalue weighted by atomic mass is 19.4. The summed E-state index contributed by atoms with van der Waals surface area (Å²) in [6.45, 7) is 2.02. The molecule has 5 heteroatoms. The topological polar surface area (TPSA) is 24.9 Å². The number of halogens is 3. The maximum Gasteiger partial charge on any atom is 0.419 e. The molecule has 2 rings (SSSR count). The van der Waals surface area contributed by atoms with Crippen molar-refractivity contribution >= 4 is 5.82 Å². The van der Waals surface area contributed by atoms with E-state index in [1.165, 1.54) is 31.5 Å². The summed E-state index contributed by atoms with van der Waals surface area (Å²) in [6.07, 6.45) is 3.66. The molecule has 1 aromatic heterocycles. The predicted molar refractivity (Wildman–Crippen MR) is 73.5 cm³/mol. The van der Waals surface area contributed by atoms with E-state index in [1.807, 2.05) is 6.92 Å². The standard InChI is InChI=1S/C15H21F3N2/c1-2-13(11-7-4-3-5-8-11)20-14-12(15(16,17)18)9-6-10-19-14/h6,9-11,13H,2-5,7-8H2,1H3,(H,19,20).